The minimum Gasteiger partial charge on any atom is -0.497 e. The summed E-state index contributed by atoms with van der Waals surface area (Å²) in [5.41, 5.74) is 2.21. The third kappa shape index (κ3) is 5.53. The number of amides is 1. The standard InChI is InChI=1S/C26H35N3O4/c1-4-21-19-27(18-20-17-22(31-2)9-10-24(20)33-21)12-11-26(30)29-15-13-28(14-16-29)23-7-5-6-8-25(23)32-3/h5-10,17,21H,4,11-16,18-19H2,1-3H3/t21-/m1/s1. The van der Waals surface area contributed by atoms with Gasteiger partial charge in [-0.1, -0.05) is 19.1 Å². The van der Waals surface area contributed by atoms with Crippen molar-refractivity contribution in [3.05, 3.63) is 48.0 Å². The Balaban J connectivity index is 1.32. The predicted molar refractivity (Wildman–Crippen MR) is 129 cm³/mol. The van der Waals surface area contributed by atoms with Gasteiger partial charge in [0.2, 0.25) is 5.91 Å². The first-order chi connectivity index (χ1) is 16.1. The molecule has 2 aliphatic heterocycles. The second kappa shape index (κ2) is 10.8. The van der Waals surface area contributed by atoms with Gasteiger partial charge >= 0.3 is 0 Å². The van der Waals surface area contributed by atoms with E-state index in [1.807, 2.05) is 41.3 Å². The van der Waals surface area contributed by atoms with Crippen LogP contribution in [0.4, 0.5) is 5.69 Å². The number of para-hydroxylation sites is 2. The van der Waals surface area contributed by atoms with E-state index >= 15 is 0 Å². The molecule has 0 aromatic heterocycles. The van der Waals surface area contributed by atoms with Gasteiger partial charge in [-0.3, -0.25) is 9.69 Å². The molecule has 0 unspecified atom stereocenters. The number of rotatable bonds is 7. The highest BCUT2D eigenvalue weighted by molar-refractivity contribution is 5.76. The zero-order valence-electron chi connectivity index (χ0n) is 20.0. The molecule has 2 heterocycles. The maximum Gasteiger partial charge on any atom is 0.223 e. The largest absolute Gasteiger partial charge is 0.497 e. The van der Waals surface area contributed by atoms with Crippen molar-refractivity contribution in [2.45, 2.75) is 32.4 Å². The molecule has 1 fully saturated rings. The first-order valence-electron chi connectivity index (χ1n) is 11.8. The molecule has 1 amide bonds. The number of carbonyl (C=O) groups excluding carboxylic acids is 1. The van der Waals surface area contributed by atoms with E-state index in [9.17, 15) is 4.79 Å². The van der Waals surface area contributed by atoms with Gasteiger partial charge in [0.25, 0.3) is 0 Å². The molecule has 2 aliphatic rings. The van der Waals surface area contributed by atoms with Gasteiger partial charge in [0, 0.05) is 57.8 Å². The average Bonchev–Trinajstić information content (AvgIpc) is 3.05. The molecule has 0 bridgehead atoms. The number of ether oxygens (including phenoxy) is 3. The van der Waals surface area contributed by atoms with Crippen molar-refractivity contribution in [1.82, 2.24) is 9.80 Å². The second-order valence-electron chi connectivity index (χ2n) is 8.65. The van der Waals surface area contributed by atoms with E-state index in [-0.39, 0.29) is 12.0 Å². The van der Waals surface area contributed by atoms with Crippen LogP contribution >= 0.6 is 0 Å². The monoisotopic (exact) mass is 453 g/mol. The van der Waals surface area contributed by atoms with Crippen molar-refractivity contribution in [1.29, 1.82) is 0 Å². The van der Waals surface area contributed by atoms with E-state index in [4.69, 9.17) is 14.2 Å². The number of hydrogen-bond donors (Lipinski definition) is 0. The summed E-state index contributed by atoms with van der Waals surface area (Å²) in [7, 11) is 3.38. The highest BCUT2D eigenvalue weighted by atomic mass is 16.5. The summed E-state index contributed by atoms with van der Waals surface area (Å²) in [6.07, 6.45) is 1.57. The Bertz CT molecular complexity index is 943. The molecule has 0 N–H and O–H groups in total. The molecule has 0 saturated carbocycles. The van der Waals surface area contributed by atoms with Crippen LogP contribution in [0.5, 0.6) is 17.2 Å². The first kappa shape index (κ1) is 23.2. The Labute approximate surface area is 196 Å². The van der Waals surface area contributed by atoms with E-state index in [1.165, 1.54) is 0 Å². The number of methoxy groups -OCH3 is 2. The van der Waals surface area contributed by atoms with Gasteiger partial charge in [-0.2, -0.15) is 0 Å². The lowest BCUT2D eigenvalue weighted by molar-refractivity contribution is -0.131. The third-order valence-electron chi connectivity index (χ3n) is 6.57. The summed E-state index contributed by atoms with van der Waals surface area (Å²) in [4.78, 5) is 19.6. The lowest BCUT2D eigenvalue weighted by atomic mass is 10.1. The first-order valence-corrected chi connectivity index (χ1v) is 11.8. The fourth-order valence-corrected chi connectivity index (χ4v) is 4.61. The van der Waals surface area contributed by atoms with Gasteiger partial charge in [-0.15, -0.1) is 0 Å². The van der Waals surface area contributed by atoms with Gasteiger partial charge in [-0.05, 0) is 36.8 Å². The van der Waals surface area contributed by atoms with E-state index in [0.717, 1.165) is 80.7 Å². The van der Waals surface area contributed by atoms with Crippen molar-refractivity contribution in [3.8, 4) is 17.2 Å². The number of hydrogen-bond acceptors (Lipinski definition) is 6. The minimum atomic E-state index is 0.124. The number of fused-ring (bicyclic) bond motifs is 1. The normalized spacial score (nSPS) is 18.8. The van der Waals surface area contributed by atoms with Gasteiger partial charge in [-0.25, -0.2) is 0 Å². The van der Waals surface area contributed by atoms with Crippen LogP contribution in [0.25, 0.3) is 0 Å². The van der Waals surface area contributed by atoms with Gasteiger partial charge in [0.15, 0.2) is 0 Å². The number of piperazine rings is 1. The van der Waals surface area contributed by atoms with E-state index in [1.54, 1.807) is 14.2 Å². The molecule has 4 rings (SSSR count). The number of carbonyl (C=O) groups is 1. The lowest BCUT2D eigenvalue weighted by Crippen LogP contribution is -2.49. The van der Waals surface area contributed by atoms with Crippen molar-refractivity contribution >= 4 is 11.6 Å². The summed E-state index contributed by atoms with van der Waals surface area (Å²) in [5.74, 6) is 2.85. The van der Waals surface area contributed by atoms with Crippen molar-refractivity contribution < 1.29 is 19.0 Å². The van der Waals surface area contributed by atoms with E-state index in [2.05, 4.69) is 22.8 Å². The highest BCUT2D eigenvalue weighted by Crippen LogP contribution is 2.30. The summed E-state index contributed by atoms with van der Waals surface area (Å²) in [6.45, 7) is 7.55. The number of benzene rings is 2. The van der Waals surface area contributed by atoms with Gasteiger partial charge < -0.3 is 24.0 Å². The van der Waals surface area contributed by atoms with Gasteiger partial charge in [0.05, 0.1) is 19.9 Å². The highest BCUT2D eigenvalue weighted by Gasteiger charge is 2.26. The van der Waals surface area contributed by atoms with E-state index < -0.39 is 0 Å². The summed E-state index contributed by atoms with van der Waals surface area (Å²) < 4.78 is 17.1. The smallest absolute Gasteiger partial charge is 0.223 e. The Morgan fingerprint density at radius 2 is 1.85 bits per heavy atom. The number of nitrogens with zero attached hydrogens (tertiary/aromatic N) is 3. The zero-order valence-corrected chi connectivity index (χ0v) is 20.0. The van der Waals surface area contributed by atoms with Crippen LogP contribution in [0, 0.1) is 0 Å². The quantitative estimate of drug-likeness (QED) is 0.640. The molecule has 2 aromatic rings. The third-order valence-corrected chi connectivity index (χ3v) is 6.57. The predicted octanol–water partition coefficient (Wildman–Crippen LogP) is 3.42. The van der Waals surface area contributed by atoms with Crippen molar-refractivity contribution in [2.75, 3.05) is 58.4 Å². The van der Waals surface area contributed by atoms with Crippen molar-refractivity contribution in [3.63, 3.8) is 0 Å². The molecule has 0 radical (unpaired) electrons. The molecule has 1 saturated heterocycles. The van der Waals surface area contributed by atoms with E-state index in [0.29, 0.717) is 6.42 Å². The molecule has 1 atom stereocenters. The Morgan fingerprint density at radius 1 is 1.06 bits per heavy atom. The lowest BCUT2D eigenvalue weighted by Gasteiger charge is -2.37. The Hall–Kier alpha value is -2.93. The minimum absolute atomic E-state index is 0.124. The molecule has 178 valence electrons. The van der Waals surface area contributed by atoms with Crippen LogP contribution in [-0.2, 0) is 11.3 Å². The SMILES string of the molecule is CC[C@@H]1CN(CCC(=O)N2CCN(c3ccccc3OC)CC2)Cc2cc(OC)ccc2O1. The molecule has 33 heavy (non-hydrogen) atoms. The molecule has 7 nitrogen and oxygen atoms in total. The molecular formula is C26H35N3O4. The van der Waals surface area contributed by atoms with Crippen LogP contribution in [-0.4, -0.2) is 75.3 Å². The second-order valence-corrected chi connectivity index (χ2v) is 8.65. The molecule has 2 aromatic carbocycles. The van der Waals surface area contributed by atoms with Crippen LogP contribution < -0.4 is 19.1 Å². The van der Waals surface area contributed by atoms with Crippen LogP contribution in [0.1, 0.15) is 25.3 Å². The summed E-state index contributed by atoms with van der Waals surface area (Å²) >= 11 is 0. The maximum absolute atomic E-state index is 13.0. The maximum atomic E-state index is 13.0. The fourth-order valence-electron chi connectivity index (χ4n) is 4.61. The van der Waals surface area contributed by atoms with Crippen LogP contribution in [0.15, 0.2) is 42.5 Å². The molecular weight excluding hydrogens is 418 g/mol. The Kier molecular flexibility index (Phi) is 7.60. The molecule has 0 aliphatic carbocycles. The topological polar surface area (TPSA) is 54.5 Å². The van der Waals surface area contributed by atoms with Gasteiger partial charge in [0.1, 0.15) is 23.4 Å². The number of anilines is 1. The zero-order chi connectivity index (χ0) is 23.2. The molecule has 7 heteroatoms. The fraction of sp³-hybridized carbons (Fsp3) is 0.500. The Morgan fingerprint density at radius 3 is 2.58 bits per heavy atom. The summed E-state index contributed by atoms with van der Waals surface area (Å²) in [6, 6.07) is 14.0. The molecule has 0 spiro atoms. The average molecular weight is 454 g/mol. The van der Waals surface area contributed by atoms with Crippen molar-refractivity contribution in [2.24, 2.45) is 0 Å². The van der Waals surface area contributed by atoms with Crippen LogP contribution in [0.3, 0.4) is 0 Å². The summed E-state index contributed by atoms with van der Waals surface area (Å²) in [5, 5.41) is 0. The van der Waals surface area contributed by atoms with Crippen LogP contribution in [0.2, 0.25) is 0 Å².